The molecule has 6 heteroatoms. The zero-order valence-electron chi connectivity index (χ0n) is 10.2. The lowest BCUT2D eigenvalue weighted by Crippen LogP contribution is -2.21. The Hall–Kier alpha value is -2.31. The highest BCUT2D eigenvalue weighted by Crippen LogP contribution is 2.12. The summed E-state index contributed by atoms with van der Waals surface area (Å²) >= 11 is 0. The first-order valence-corrected chi connectivity index (χ1v) is 5.99. The fourth-order valence-electron chi connectivity index (χ4n) is 1.88. The minimum atomic E-state index is -0.633. The molecule has 0 unspecified atom stereocenters. The second kappa shape index (κ2) is 4.75. The van der Waals surface area contributed by atoms with E-state index in [-0.39, 0.29) is 0 Å². The number of H-pyrrole nitrogens is 1. The minimum absolute atomic E-state index is 0.515. The van der Waals surface area contributed by atoms with Crippen LogP contribution in [0.25, 0.3) is 11.2 Å². The molecule has 0 radical (unpaired) electrons. The number of nitrogens with zero attached hydrogens (tertiary/aromatic N) is 3. The summed E-state index contributed by atoms with van der Waals surface area (Å²) in [5.41, 5.74) is 13.6. The lowest BCUT2D eigenvalue weighted by Gasteiger charge is -1.99. The van der Waals surface area contributed by atoms with Crippen molar-refractivity contribution in [3.05, 3.63) is 53.7 Å². The maximum atomic E-state index is 5.58. The van der Waals surface area contributed by atoms with Crippen LogP contribution >= 0.6 is 0 Å². The van der Waals surface area contributed by atoms with Crippen molar-refractivity contribution in [2.24, 2.45) is 11.5 Å². The molecule has 6 nitrogen and oxygen atoms in total. The average Bonchev–Trinajstić information content (AvgIpc) is 2.83. The van der Waals surface area contributed by atoms with Crippen molar-refractivity contribution in [3.8, 4) is 0 Å². The summed E-state index contributed by atoms with van der Waals surface area (Å²) in [4.78, 5) is 16.0. The van der Waals surface area contributed by atoms with Crippen molar-refractivity contribution in [2.75, 3.05) is 0 Å². The van der Waals surface area contributed by atoms with Crippen molar-refractivity contribution >= 4 is 11.2 Å². The molecule has 5 N–H and O–H groups in total. The molecule has 0 fully saturated rings. The summed E-state index contributed by atoms with van der Waals surface area (Å²) < 4.78 is 0. The third-order valence-corrected chi connectivity index (χ3v) is 2.83. The first kappa shape index (κ1) is 11.8. The summed E-state index contributed by atoms with van der Waals surface area (Å²) in [6, 6.07) is 10.1. The number of imidazole rings is 1. The quantitative estimate of drug-likeness (QED) is 0.601. The van der Waals surface area contributed by atoms with E-state index in [2.05, 4.69) is 19.9 Å². The van der Waals surface area contributed by atoms with Gasteiger partial charge >= 0.3 is 0 Å². The molecule has 1 aromatic carbocycles. The highest BCUT2D eigenvalue weighted by Gasteiger charge is 2.09. The third kappa shape index (κ3) is 2.44. The molecule has 0 atom stereocenters. The van der Waals surface area contributed by atoms with E-state index < -0.39 is 6.17 Å². The van der Waals surface area contributed by atoms with Crippen LogP contribution in [0.1, 0.15) is 23.4 Å². The molecule has 0 amide bonds. The number of nitrogens with one attached hydrogen (secondary N) is 1. The third-order valence-electron chi connectivity index (χ3n) is 2.83. The van der Waals surface area contributed by atoms with Gasteiger partial charge in [0.05, 0.1) is 6.20 Å². The summed E-state index contributed by atoms with van der Waals surface area (Å²) in [5, 5.41) is 0. The smallest absolute Gasteiger partial charge is 0.181 e. The first-order valence-electron chi connectivity index (χ1n) is 5.99. The number of hydrogen-bond donors (Lipinski definition) is 3. The predicted octanol–water partition coefficient (Wildman–Crippen LogP) is 0.860. The normalized spacial score (nSPS) is 11.3. The van der Waals surface area contributed by atoms with Crippen LogP contribution in [0, 0.1) is 0 Å². The van der Waals surface area contributed by atoms with Crippen LogP contribution in [0.15, 0.2) is 36.5 Å². The van der Waals surface area contributed by atoms with Crippen LogP contribution in [0.2, 0.25) is 0 Å². The molecule has 0 spiro atoms. The van der Waals surface area contributed by atoms with Crippen molar-refractivity contribution in [1.82, 2.24) is 19.9 Å². The fraction of sp³-hybridized carbons (Fsp3) is 0.154. The first-order chi connectivity index (χ1) is 9.22. The van der Waals surface area contributed by atoms with E-state index >= 15 is 0 Å². The fourth-order valence-corrected chi connectivity index (χ4v) is 1.88. The van der Waals surface area contributed by atoms with Gasteiger partial charge in [0.1, 0.15) is 23.3 Å². The Morgan fingerprint density at radius 1 is 1.11 bits per heavy atom. The van der Waals surface area contributed by atoms with Crippen molar-refractivity contribution in [2.45, 2.75) is 12.6 Å². The van der Waals surface area contributed by atoms with E-state index in [1.54, 1.807) is 6.20 Å². The summed E-state index contributed by atoms with van der Waals surface area (Å²) in [6.45, 7) is 0. The van der Waals surface area contributed by atoms with E-state index in [1.165, 1.54) is 0 Å². The van der Waals surface area contributed by atoms with Gasteiger partial charge in [0, 0.05) is 6.42 Å². The molecule has 2 aromatic heterocycles. The minimum Gasteiger partial charge on any atom is -0.337 e. The van der Waals surface area contributed by atoms with Crippen molar-refractivity contribution < 1.29 is 0 Å². The van der Waals surface area contributed by atoms with Crippen LogP contribution in [0.5, 0.6) is 0 Å². The van der Waals surface area contributed by atoms with Gasteiger partial charge in [-0.2, -0.15) is 0 Å². The highest BCUT2D eigenvalue weighted by molar-refractivity contribution is 5.69. The molecule has 19 heavy (non-hydrogen) atoms. The number of hydrogen-bond acceptors (Lipinski definition) is 5. The standard InChI is InChI=1S/C13H14N6/c14-11(15)13-17-9-7-16-10(18-12(9)19-13)6-8-4-2-1-3-5-8/h1-5,7,11H,6,14-15H2,(H,16,17,18,19). The van der Waals surface area contributed by atoms with Gasteiger partial charge in [-0.3, -0.25) is 0 Å². The Kier molecular flexibility index (Phi) is 2.94. The van der Waals surface area contributed by atoms with Crippen LogP contribution < -0.4 is 11.5 Å². The SMILES string of the molecule is NC(N)c1nc2nc(Cc3ccccc3)ncc2[nH]1. The maximum absolute atomic E-state index is 5.58. The molecule has 0 bridgehead atoms. The van der Waals surface area contributed by atoms with Crippen molar-refractivity contribution in [3.63, 3.8) is 0 Å². The number of nitrogens with two attached hydrogens (primary N) is 2. The highest BCUT2D eigenvalue weighted by atomic mass is 15.1. The average molecular weight is 254 g/mol. The van der Waals surface area contributed by atoms with Gasteiger partial charge in [0.15, 0.2) is 5.65 Å². The monoisotopic (exact) mass is 254 g/mol. The Balaban J connectivity index is 1.93. The molecule has 96 valence electrons. The zero-order valence-corrected chi connectivity index (χ0v) is 10.2. The predicted molar refractivity (Wildman–Crippen MR) is 72.0 cm³/mol. The molecule has 3 aromatic rings. The van der Waals surface area contributed by atoms with Crippen LogP contribution in [0.3, 0.4) is 0 Å². The lowest BCUT2D eigenvalue weighted by molar-refractivity contribution is 0.722. The molecule has 3 rings (SSSR count). The summed E-state index contributed by atoms with van der Waals surface area (Å²) in [5.74, 6) is 1.24. The van der Waals surface area contributed by atoms with E-state index in [1.807, 2.05) is 30.3 Å². The molecule has 0 aliphatic heterocycles. The van der Waals surface area contributed by atoms with E-state index in [4.69, 9.17) is 11.5 Å². The van der Waals surface area contributed by atoms with Crippen molar-refractivity contribution in [1.29, 1.82) is 0 Å². The van der Waals surface area contributed by atoms with Gasteiger partial charge in [-0.15, -0.1) is 0 Å². The summed E-state index contributed by atoms with van der Waals surface area (Å²) in [6.07, 6.45) is 1.75. The van der Waals surface area contributed by atoms with Crippen LogP contribution in [-0.2, 0) is 6.42 Å². The number of aromatic nitrogens is 4. The lowest BCUT2D eigenvalue weighted by atomic mass is 10.1. The van der Waals surface area contributed by atoms with Gasteiger partial charge in [-0.05, 0) is 5.56 Å². The Morgan fingerprint density at radius 2 is 1.89 bits per heavy atom. The topological polar surface area (TPSA) is 106 Å². The number of benzene rings is 1. The Bertz CT molecular complexity index is 689. The summed E-state index contributed by atoms with van der Waals surface area (Å²) in [7, 11) is 0. The van der Waals surface area contributed by atoms with Gasteiger partial charge in [0.25, 0.3) is 0 Å². The van der Waals surface area contributed by atoms with Crippen LogP contribution in [-0.4, -0.2) is 19.9 Å². The number of fused-ring (bicyclic) bond motifs is 1. The molecule has 0 aliphatic carbocycles. The van der Waals surface area contributed by atoms with E-state index in [0.29, 0.717) is 17.9 Å². The van der Waals surface area contributed by atoms with Gasteiger partial charge < -0.3 is 16.5 Å². The van der Waals surface area contributed by atoms with Crippen LogP contribution in [0.4, 0.5) is 0 Å². The zero-order chi connectivity index (χ0) is 13.2. The van der Waals surface area contributed by atoms with Gasteiger partial charge in [-0.25, -0.2) is 15.0 Å². The molecule has 0 saturated heterocycles. The molecular formula is C13H14N6. The second-order valence-electron chi connectivity index (χ2n) is 4.33. The number of rotatable bonds is 3. The van der Waals surface area contributed by atoms with Gasteiger partial charge in [-0.1, -0.05) is 30.3 Å². The number of aromatic amines is 1. The Morgan fingerprint density at radius 3 is 2.63 bits per heavy atom. The van der Waals surface area contributed by atoms with E-state index in [0.717, 1.165) is 16.9 Å². The Labute approximate surface area is 109 Å². The maximum Gasteiger partial charge on any atom is 0.181 e. The van der Waals surface area contributed by atoms with Gasteiger partial charge in [0.2, 0.25) is 0 Å². The second-order valence-corrected chi connectivity index (χ2v) is 4.33. The molecular weight excluding hydrogens is 240 g/mol. The molecule has 2 heterocycles. The largest absolute Gasteiger partial charge is 0.337 e. The molecule has 0 aliphatic rings. The molecule has 0 saturated carbocycles. The van der Waals surface area contributed by atoms with E-state index in [9.17, 15) is 0 Å².